The number of thioether (sulfide) groups is 1. The van der Waals surface area contributed by atoms with Crippen molar-refractivity contribution in [1.29, 1.82) is 0 Å². The van der Waals surface area contributed by atoms with Crippen LogP contribution in [0, 0.1) is 11.2 Å². The Morgan fingerprint density at radius 2 is 1.59 bits per heavy atom. The average molecular weight is 557 g/mol. The predicted octanol–water partition coefficient (Wildman–Crippen LogP) is 4.95. The number of nitrogens with zero attached hydrogens (tertiary/aromatic N) is 4. The number of ether oxygens (including phenoxy) is 1. The molecule has 2 aliphatic heterocycles. The molecule has 0 aromatic heterocycles. The molecule has 9 heteroatoms. The fourth-order valence-corrected chi connectivity index (χ4v) is 6.00. The van der Waals surface area contributed by atoms with E-state index in [1.165, 1.54) is 24.8 Å². The summed E-state index contributed by atoms with van der Waals surface area (Å²) < 4.78 is 19.7. The average Bonchev–Trinajstić information content (AvgIpc) is 2.93. The number of hydrogen-bond acceptors (Lipinski definition) is 6. The SMILES string of the molecule is COC(=O)c1ccc(CN(C(=O)N2CCSCC2)c2ccc(CN3CCN(CC(C)(C)C)CC3)cc2)c(F)c1. The van der Waals surface area contributed by atoms with Crippen LogP contribution in [0.5, 0.6) is 0 Å². The van der Waals surface area contributed by atoms with E-state index in [1.54, 1.807) is 11.0 Å². The lowest BCUT2D eigenvalue weighted by Crippen LogP contribution is -2.48. The number of carbonyl (C=O) groups is 2. The molecule has 212 valence electrons. The zero-order valence-corrected chi connectivity index (χ0v) is 24.4. The van der Waals surface area contributed by atoms with Gasteiger partial charge in [0.15, 0.2) is 0 Å². The van der Waals surface area contributed by atoms with Gasteiger partial charge in [0.2, 0.25) is 0 Å². The maximum absolute atomic E-state index is 15.0. The molecule has 2 heterocycles. The highest BCUT2D eigenvalue weighted by molar-refractivity contribution is 7.99. The summed E-state index contributed by atoms with van der Waals surface area (Å²) in [5, 5.41) is 0. The van der Waals surface area contributed by atoms with Crippen molar-refractivity contribution in [3.63, 3.8) is 0 Å². The van der Waals surface area contributed by atoms with Crippen molar-refractivity contribution in [2.75, 3.05) is 69.3 Å². The lowest BCUT2D eigenvalue weighted by Gasteiger charge is -2.38. The molecule has 2 aliphatic rings. The number of methoxy groups -OCH3 is 1. The summed E-state index contributed by atoms with van der Waals surface area (Å²) >= 11 is 1.83. The van der Waals surface area contributed by atoms with Gasteiger partial charge in [-0.3, -0.25) is 9.80 Å². The quantitative estimate of drug-likeness (QED) is 0.450. The van der Waals surface area contributed by atoms with E-state index in [0.29, 0.717) is 24.1 Å². The number of rotatable bonds is 7. The maximum Gasteiger partial charge on any atom is 0.337 e. The zero-order valence-electron chi connectivity index (χ0n) is 23.6. The second kappa shape index (κ2) is 13.2. The zero-order chi connectivity index (χ0) is 28.0. The number of carbonyl (C=O) groups excluding carboxylic acids is 2. The standard InChI is InChI=1S/C30H41FN4O3S/c1-30(2,3)22-33-13-11-32(12-14-33)20-23-5-9-26(10-6-23)35(29(37)34-15-17-39-18-16-34)21-25-8-7-24(19-27(25)31)28(36)38-4/h5-10,19H,11-18,20-22H2,1-4H3. The van der Waals surface area contributed by atoms with Crippen LogP contribution in [-0.2, 0) is 17.8 Å². The minimum atomic E-state index is -0.592. The smallest absolute Gasteiger partial charge is 0.337 e. The molecule has 7 nitrogen and oxygen atoms in total. The minimum absolute atomic E-state index is 0.0743. The Balaban J connectivity index is 1.46. The van der Waals surface area contributed by atoms with Crippen LogP contribution in [0.3, 0.4) is 0 Å². The van der Waals surface area contributed by atoms with Crippen LogP contribution < -0.4 is 4.90 Å². The number of amides is 2. The van der Waals surface area contributed by atoms with Gasteiger partial charge in [0.25, 0.3) is 0 Å². The lowest BCUT2D eigenvalue weighted by atomic mass is 9.96. The monoisotopic (exact) mass is 556 g/mol. The predicted molar refractivity (Wildman–Crippen MR) is 156 cm³/mol. The van der Waals surface area contributed by atoms with Crippen molar-refractivity contribution in [1.82, 2.24) is 14.7 Å². The number of benzene rings is 2. The number of urea groups is 1. The highest BCUT2D eigenvalue weighted by Gasteiger charge is 2.26. The molecule has 0 radical (unpaired) electrons. The summed E-state index contributed by atoms with van der Waals surface area (Å²) in [5.41, 5.74) is 2.72. The number of anilines is 1. The molecule has 0 saturated carbocycles. The van der Waals surface area contributed by atoms with Crippen LogP contribution in [0.4, 0.5) is 14.9 Å². The van der Waals surface area contributed by atoms with E-state index < -0.39 is 11.8 Å². The molecular formula is C30H41FN4O3S. The van der Waals surface area contributed by atoms with Crippen LogP contribution in [0.25, 0.3) is 0 Å². The molecule has 0 N–H and O–H groups in total. The van der Waals surface area contributed by atoms with Gasteiger partial charge in [0.05, 0.1) is 19.2 Å². The number of esters is 1. The number of halogens is 1. The van der Waals surface area contributed by atoms with E-state index in [4.69, 9.17) is 4.74 Å². The van der Waals surface area contributed by atoms with E-state index in [9.17, 15) is 14.0 Å². The van der Waals surface area contributed by atoms with Crippen molar-refractivity contribution in [2.24, 2.45) is 5.41 Å². The molecule has 2 amide bonds. The highest BCUT2D eigenvalue weighted by atomic mass is 32.2. The molecule has 2 fully saturated rings. The third kappa shape index (κ3) is 8.19. The Labute approximate surface area is 236 Å². The van der Waals surface area contributed by atoms with Gasteiger partial charge in [-0.25, -0.2) is 14.0 Å². The fourth-order valence-electron chi connectivity index (χ4n) is 5.10. The Kier molecular flexibility index (Phi) is 9.91. The summed E-state index contributed by atoms with van der Waals surface area (Å²) in [5.74, 6) is 0.658. The van der Waals surface area contributed by atoms with Crippen molar-refractivity contribution in [3.8, 4) is 0 Å². The maximum atomic E-state index is 15.0. The molecule has 0 aliphatic carbocycles. The van der Waals surface area contributed by atoms with Crippen LogP contribution >= 0.6 is 11.8 Å². The van der Waals surface area contributed by atoms with Crippen molar-refractivity contribution in [2.45, 2.75) is 33.9 Å². The number of piperazine rings is 1. The molecule has 39 heavy (non-hydrogen) atoms. The molecule has 2 aromatic rings. The summed E-state index contributed by atoms with van der Waals surface area (Å²) in [6, 6.07) is 12.2. The van der Waals surface area contributed by atoms with Gasteiger partial charge in [-0.2, -0.15) is 11.8 Å². The third-order valence-corrected chi connectivity index (χ3v) is 8.07. The van der Waals surface area contributed by atoms with E-state index >= 15 is 0 Å². The van der Waals surface area contributed by atoms with E-state index in [2.05, 4.69) is 42.7 Å². The van der Waals surface area contributed by atoms with Crippen molar-refractivity contribution < 1.29 is 18.7 Å². The minimum Gasteiger partial charge on any atom is -0.465 e. The second-order valence-electron chi connectivity index (χ2n) is 11.5. The molecule has 2 aromatic carbocycles. The van der Waals surface area contributed by atoms with Gasteiger partial charge in [-0.15, -0.1) is 0 Å². The third-order valence-electron chi connectivity index (χ3n) is 7.13. The lowest BCUT2D eigenvalue weighted by molar-refractivity contribution is 0.0600. The summed E-state index contributed by atoms with van der Waals surface area (Å²) in [6.45, 7) is 14.5. The largest absolute Gasteiger partial charge is 0.465 e. The van der Waals surface area contributed by atoms with Gasteiger partial charge in [0, 0.05) is 75.1 Å². The first kappa shape index (κ1) is 29.4. The Morgan fingerprint density at radius 3 is 2.18 bits per heavy atom. The topological polar surface area (TPSA) is 56.3 Å². The van der Waals surface area contributed by atoms with Crippen LogP contribution in [0.15, 0.2) is 42.5 Å². The van der Waals surface area contributed by atoms with E-state index in [-0.39, 0.29) is 18.1 Å². The molecule has 4 rings (SSSR count). The van der Waals surface area contributed by atoms with Crippen molar-refractivity contribution in [3.05, 3.63) is 65.0 Å². The van der Waals surface area contributed by atoms with Crippen molar-refractivity contribution >= 4 is 29.4 Å². The Bertz CT molecular complexity index is 1120. The first-order valence-electron chi connectivity index (χ1n) is 13.7. The first-order valence-corrected chi connectivity index (χ1v) is 14.8. The molecule has 0 spiro atoms. The van der Waals surface area contributed by atoms with E-state index in [0.717, 1.165) is 56.5 Å². The second-order valence-corrected chi connectivity index (χ2v) is 12.8. The normalized spacial score (nSPS) is 17.2. The molecule has 0 unspecified atom stereocenters. The summed E-state index contributed by atoms with van der Waals surface area (Å²) in [7, 11) is 1.27. The summed E-state index contributed by atoms with van der Waals surface area (Å²) in [6.07, 6.45) is 0. The van der Waals surface area contributed by atoms with Gasteiger partial charge < -0.3 is 14.5 Å². The first-order chi connectivity index (χ1) is 18.6. The Hall–Kier alpha value is -2.62. The van der Waals surface area contributed by atoms with Crippen LogP contribution in [0.1, 0.15) is 42.3 Å². The van der Waals surface area contributed by atoms with Gasteiger partial charge in [-0.1, -0.05) is 39.0 Å². The van der Waals surface area contributed by atoms with Gasteiger partial charge in [-0.05, 0) is 35.2 Å². The summed E-state index contributed by atoms with van der Waals surface area (Å²) in [4.78, 5) is 33.9. The van der Waals surface area contributed by atoms with Gasteiger partial charge >= 0.3 is 12.0 Å². The van der Waals surface area contributed by atoms with E-state index in [1.807, 2.05) is 28.8 Å². The Morgan fingerprint density at radius 1 is 0.949 bits per heavy atom. The van der Waals surface area contributed by atoms with Crippen LogP contribution in [0.2, 0.25) is 0 Å². The molecule has 0 atom stereocenters. The van der Waals surface area contributed by atoms with Crippen LogP contribution in [-0.4, -0.2) is 91.1 Å². The fraction of sp³-hybridized carbons (Fsp3) is 0.533. The highest BCUT2D eigenvalue weighted by Crippen LogP contribution is 2.24. The van der Waals surface area contributed by atoms with Gasteiger partial charge in [0.1, 0.15) is 5.82 Å². The molecule has 0 bridgehead atoms. The molecular weight excluding hydrogens is 515 g/mol. The molecule has 2 saturated heterocycles. The number of hydrogen-bond donors (Lipinski definition) is 0.